The number of halogens is 1. The van der Waals surface area contributed by atoms with E-state index in [9.17, 15) is 0 Å². The molecule has 0 atom stereocenters. The molecule has 0 aliphatic carbocycles. The molecule has 35 heavy (non-hydrogen) atoms. The SMILES string of the molecule is CCOc1ccc2nc(N=Cc3ccccc3[O][Sn]([Cl])([c]3ccccc3)[c]3ccccc3)sc2c1. The number of aliphatic imine (C=N–C) groups is 1. The van der Waals surface area contributed by atoms with Crippen molar-refractivity contribution < 1.29 is 7.81 Å². The summed E-state index contributed by atoms with van der Waals surface area (Å²) in [6.07, 6.45) is 1.80. The number of rotatable bonds is 8. The van der Waals surface area contributed by atoms with Crippen molar-refractivity contribution in [3.63, 3.8) is 0 Å². The van der Waals surface area contributed by atoms with Crippen LogP contribution in [0.25, 0.3) is 10.2 Å². The maximum absolute atomic E-state index is 7.43. The second-order valence-corrected chi connectivity index (χ2v) is 19.6. The predicted octanol–water partition coefficient (Wildman–Crippen LogP) is 6.32. The molecule has 0 radical (unpaired) electrons. The average Bonchev–Trinajstić information content (AvgIpc) is 3.31. The Kier molecular flexibility index (Phi) is 7.37. The van der Waals surface area contributed by atoms with Crippen LogP contribution in [-0.4, -0.2) is 35.5 Å². The average molecular weight is 606 g/mol. The second kappa shape index (κ2) is 10.8. The van der Waals surface area contributed by atoms with E-state index in [0.717, 1.165) is 34.4 Å². The number of fused-ring (bicyclic) bond motifs is 1. The number of thiazole rings is 1. The molecule has 0 amide bonds. The summed E-state index contributed by atoms with van der Waals surface area (Å²) >= 11 is -2.46. The molecule has 0 aliphatic rings. The molecule has 0 N–H and O–H groups in total. The van der Waals surface area contributed by atoms with E-state index in [2.05, 4.69) is 34.2 Å². The van der Waals surface area contributed by atoms with Crippen LogP contribution in [0.2, 0.25) is 0 Å². The van der Waals surface area contributed by atoms with E-state index >= 15 is 0 Å². The Bertz CT molecular complexity index is 1420. The first kappa shape index (κ1) is 23.9. The van der Waals surface area contributed by atoms with Gasteiger partial charge in [0.05, 0.1) is 0 Å². The first-order valence-corrected chi connectivity index (χ1v) is 19.8. The van der Waals surface area contributed by atoms with Crippen LogP contribution in [0.1, 0.15) is 12.5 Å². The Morgan fingerprint density at radius 3 is 2.23 bits per heavy atom. The molecule has 4 nitrogen and oxygen atoms in total. The van der Waals surface area contributed by atoms with Crippen molar-refractivity contribution in [3.05, 3.63) is 109 Å². The molecule has 1 heterocycles. The number of hydrogen-bond donors (Lipinski definition) is 0. The molecule has 0 saturated heterocycles. The molecular weight excluding hydrogens is 583 g/mol. The molecule has 5 aromatic rings. The van der Waals surface area contributed by atoms with Gasteiger partial charge in [0.25, 0.3) is 0 Å². The second-order valence-electron chi connectivity index (χ2n) is 7.78. The van der Waals surface area contributed by atoms with Gasteiger partial charge in [0.2, 0.25) is 0 Å². The van der Waals surface area contributed by atoms with E-state index in [1.807, 2.05) is 85.8 Å². The summed E-state index contributed by atoms with van der Waals surface area (Å²) in [6.45, 7) is 2.60. The molecule has 0 aliphatic heterocycles. The Morgan fingerprint density at radius 1 is 0.886 bits per heavy atom. The van der Waals surface area contributed by atoms with Gasteiger partial charge in [-0.1, -0.05) is 0 Å². The van der Waals surface area contributed by atoms with E-state index in [-0.39, 0.29) is 0 Å². The van der Waals surface area contributed by atoms with E-state index in [1.54, 1.807) is 6.21 Å². The Morgan fingerprint density at radius 2 is 1.54 bits per heavy atom. The summed E-state index contributed by atoms with van der Waals surface area (Å²) in [5.74, 6) is 1.56. The number of nitrogens with zero attached hydrogens (tertiary/aromatic N) is 2. The number of aromatic nitrogens is 1. The Balaban J connectivity index is 1.48. The molecule has 0 spiro atoms. The fraction of sp³-hybridized carbons (Fsp3) is 0.0714. The number of ether oxygens (including phenoxy) is 1. The van der Waals surface area contributed by atoms with Crippen LogP contribution >= 0.6 is 20.3 Å². The van der Waals surface area contributed by atoms with Gasteiger partial charge in [-0.3, -0.25) is 0 Å². The van der Waals surface area contributed by atoms with Crippen LogP contribution in [0.5, 0.6) is 11.5 Å². The molecule has 0 saturated carbocycles. The molecule has 174 valence electrons. The quantitative estimate of drug-likeness (QED) is 0.154. The fourth-order valence-corrected chi connectivity index (χ4v) is 13.4. The molecule has 7 heteroatoms. The monoisotopic (exact) mass is 606 g/mol. The molecule has 5 rings (SSSR count). The van der Waals surface area contributed by atoms with Crippen LogP contribution in [0.15, 0.2) is 108 Å². The van der Waals surface area contributed by atoms with Gasteiger partial charge in [-0.05, 0) is 6.92 Å². The number of hydrogen-bond acceptors (Lipinski definition) is 5. The van der Waals surface area contributed by atoms with Gasteiger partial charge in [0, 0.05) is 0 Å². The first-order chi connectivity index (χ1) is 17.2. The van der Waals surface area contributed by atoms with Crippen molar-refractivity contribution in [1.29, 1.82) is 0 Å². The third-order valence-corrected chi connectivity index (χ3v) is 17.4. The van der Waals surface area contributed by atoms with Crippen molar-refractivity contribution in [3.8, 4) is 11.5 Å². The van der Waals surface area contributed by atoms with E-state index in [1.165, 1.54) is 11.3 Å². The summed E-state index contributed by atoms with van der Waals surface area (Å²) < 4.78 is 15.5. The van der Waals surface area contributed by atoms with E-state index < -0.39 is 17.7 Å². The van der Waals surface area contributed by atoms with Gasteiger partial charge in [-0.25, -0.2) is 0 Å². The first-order valence-electron chi connectivity index (χ1n) is 11.3. The van der Waals surface area contributed by atoms with Crippen molar-refractivity contribution >= 4 is 66.6 Å². The van der Waals surface area contributed by atoms with Crippen molar-refractivity contribution in [1.82, 2.24) is 4.98 Å². The van der Waals surface area contributed by atoms with Crippen LogP contribution in [-0.2, 0) is 0 Å². The van der Waals surface area contributed by atoms with Crippen molar-refractivity contribution in [2.24, 2.45) is 4.99 Å². The molecule has 0 bridgehead atoms. The number of benzene rings is 4. The minimum atomic E-state index is -3.98. The zero-order valence-corrected chi connectivity index (χ0v) is 23.5. The summed E-state index contributed by atoms with van der Waals surface area (Å²) in [7, 11) is 7.43. The fourth-order valence-electron chi connectivity index (χ4n) is 3.75. The summed E-state index contributed by atoms with van der Waals surface area (Å²) in [5, 5.41) is 0.676. The zero-order valence-electron chi connectivity index (χ0n) is 19.1. The van der Waals surface area contributed by atoms with Gasteiger partial charge in [0.1, 0.15) is 0 Å². The van der Waals surface area contributed by atoms with Gasteiger partial charge in [-0.2, -0.15) is 0 Å². The van der Waals surface area contributed by atoms with Gasteiger partial charge in [-0.15, -0.1) is 0 Å². The maximum atomic E-state index is 7.43. The van der Waals surface area contributed by atoms with Crippen LogP contribution in [0, 0.1) is 0 Å². The zero-order chi connectivity index (χ0) is 24.1. The molecular formula is C28H23ClN2O2SSn. The van der Waals surface area contributed by atoms with Crippen LogP contribution in [0.3, 0.4) is 0 Å². The third-order valence-electron chi connectivity index (χ3n) is 5.43. The van der Waals surface area contributed by atoms with Crippen LogP contribution in [0.4, 0.5) is 5.13 Å². The van der Waals surface area contributed by atoms with Gasteiger partial charge in [0.15, 0.2) is 0 Å². The topological polar surface area (TPSA) is 43.7 Å². The van der Waals surface area contributed by atoms with Gasteiger partial charge < -0.3 is 0 Å². The van der Waals surface area contributed by atoms with Crippen molar-refractivity contribution in [2.45, 2.75) is 6.92 Å². The third kappa shape index (κ3) is 5.37. The van der Waals surface area contributed by atoms with E-state index in [4.69, 9.17) is 16.7 Å². The summed E-state index contributed by atoms with van der Waals surface area (Å²) in [5.41, 5.74) is 1.76. The van der Waals surface area contributed by atoms with Crippen LogP contribution < -0.4 is 15.0 Å². The number of para-hydroxylation sites is 1. The van der Waals surface area contributed by atoms with E-state index in [0.29, 0.717) is 11.7 Å². The van der Waals surface area contributed by atoms with Crippen molar-refractivity contribution in [2.75, 3.05) is 6.61 Å². The molecule has 0 unspecified atom stereocenters. The standard InChI is InChI=1S/C16H14N2O2S.2C6H5.ClH.Sn/c1-2-20-12-7-8-13-15(9-12)21-16(18-13)17-10-11-5-3-4-6-14(11)19;2*1-2-4-6-5-3-1;;/h3-10,19H,2H2,1H3;2*1-5H;1H;/q;;;;+2/p-2. The normalized spacial score (nSPS) is 11.7. The molecule has 4 aromatic carbocycles. The summed E-state index contributed by atoms with van der Waals surface area (Å²) in [4.78, 5) is 9.31. The molecule has 1 aromatic heterocycles. The summed E-state index contributed by atoms with van der Waals surface area (Å²) in [6, 6.07) is 34.0. The Labute approximate surface area is 217 Å². The molecule has 0 fully saturated rings. The minimum absolute atomic E-state index is 0.630. The van der Waals surface area contributed by atoms with Gasteiger partial charge >= 0.3 is 211 Å². The Hall–Kier alpha value is -2.87. The predicted molar refractivity (Wildman–Crippen MR) is 149 cm³/mol.